The number of aromatic nitrogens is 1. The SMILES string of the molecule is CC(=O)CCCCn1cc(C)c2ccccc21. The van der Waals surface area contributed by atoms with E-state index in [9.17, 15) is 4.79 Å². The molecule has 2 nitrogen and oxygen atoms in total. The molecule has 2 rings (SSSR count). The van der Waals surface area contributed by atoms with Gasteiger partial charge in [-0.1, -0.05) is 18.2 Å². The summed E-state index contributed by atoms with van der Waals surface area (Å²) in [6, 6.07) is 8.48. The maximum Gasteiger partial charge on any atom is 0.129 e. The van der Waals surface area contributed by atoms with E-state index < -0.39 is 0 Å². The monoisotopic (exact) mass is 229 g/mol. The minimum absolute atomic E-state index is 0.290. The Hall–Kier alpha value is -1.57. The molecule has 2 aromatic rings. The van der Waals surface area contributed by atoms with E-state index in [1.807, 2.05) is 0 Å². The lowest BCUT2D eigenvalue weighted by atomic mass is 10.2. The highest BCUT2D eigenvalue weighted by Gasteiger charge is 2.04. The zero-order valence-corrected chi connectivity index (χ0v) is 10.6. The normalized spacial score (nSPS) is 10.9. The molecule has 2 heteroatoms. The summed E-state index contributed by atoms with van der Waals surface area (Å²) in [5, 5.41) is 1.33. The van der Waals surface area contributed by atoms with E-state index in [0.29, 0.717) is 12.2 Å². The molecule has 0 bridgehead atoms. The lowest BCUT2D eigenvalue weighted by Gasteiger charge is -2.04. The number of Topliss-reactive ketones (excluding diaryl/α,β-unsaturated/α-hetero) is 1. The van der Waals surface area contributed by atoms with E-state index >= 15 is 0 Å². The van der Waals surface area contributed by atoms with Crippen molar-refractivity contribution in [3.63, 3.8) is 0 Å². The summed E-state index contributed by atoms with van der Waals surface area (Å²) in [6.45, 7) is 4.81. The molecule has 0 aliphatic carbocycles. The van der Waals surface area contributed by atoms with Gasteiger partial charge in [0.25, 0.3) is 0 Å². The number of carbonyl (C=O) groups excluding carboxylic acids is 1. The average molecular weight is 229 g/mol. The summed E-state index contributed by atoms with van der Waals surface area (Å²) >= 11 is 0. The van der Waals surface area contributed by atoms with Gasteiger partial charge in [-0.2, -0.15) is 0 Å². The van der Waals surface area contributed by atoms with Gasteiger partial charge >= 0.3 is 0 Å². The van der Waals surface area contributed by atoms with Crippen LogP contribution in [0.25, 0.3) is 10.9 Å². The van der Waals surface area contributed by atoms with E-state index in [-0.39, 0.29) is 0 Å². The molecule has 0 aliphatic heterocycles. The summed E-state index contributed by atoms with van der Waals surface area (Å²) in [4.78, 5) is 10.9. The second-order valence-corrected chi connectivity index (χ2v) is 4.68. The summed E-state index contributed by atoms with van der Waals surface area (Å²) < 4.78 is 2.30. The van der Waals surface area contributed by atoms with Gasteiger partial charge in [0, 0.05) is 30.1 Å². The predicted molar refractivity (Wildman–Crippen MR) is 71.2 cm³/mol. The molecule has 0 fully saturated rings. The Balaban J connectivity index is 2.06. The number of unbranched alkanes of at least 4 members (excludes halogenated alkanes) is 1. The Bertz CT molecular complexity index is 525. The third kappa shape index (κ3) is 2.76. The molecular weight excluding hydrogens is 210 g/mol. The molecule has 0 amide bonds. The van der Waals surface area contributed by atoms with Gasteiger partial charge < -0.3 is 9.36 Å². The second-order valence-electron chi connectivity index (χ2n) is 4.68. The quantitative estimate of drug-likeness (QED) is 0.716. The van der Waals surface area contributed by atoms with Gasteiger partial charge in [-0.3, -0.25) is 0 Å². The van der Waals surface area contributed by atoms with Crippen molar-refractivity contribution >= 4 is 16.7 Å². The van der Waals surface area contributed by atoms with Crippen molar-refractivity contribution in [1.82, 2.24) is 4.57 Å². The smallest absolute Gasteiger partial charge is 0.129 e. The van der Waals surface area contributed by atoms with Gasteiger partial charge in [0.05, 0.1) is 0 Å². The van der Waals surface area contributed by atoms with Crippen molar-refractivity contribution in [1.29, 1.82) is 0 Å². The number of rotatable bonds is 5. The standard InChI is InChI=1S/C15H19NO/c1-12-11-16(10-6-5-7-13(2)17)15-9-4-3-8-14(12)15/h3-4,8-9,11H,5-7,10H2,1-2H3. The molecule has 0 aliphatic rings. The van der Waals surface area contributed by atoms with E-state index in [2.05, 4.69) is 42.0 Å². The number of nitrogens with zero attached hydrogens (tertiary/aromatic N) is 1. The van der Waals surface area contributed by atoms with Gasteiger partial charge in [-0.05, 0) is 38.3 Å². The van der Waals surface area contributed by atoms with E-state index in [1.165, 1.54) is 16.5 Å². The van der Waals surface area contributed by atoms with Crippen LogP contribution in [0.2, 0.25) is 0 Å². The lowest BCUT2D eigenvalue weighted by molar-refractivity contribution is -0.117. The van der Waals surface area contributed by atoms with Crippen LogP contribution in [0.4, 0.5) is 0 Å². The van der Waals surface area contributed by atoms with Gasteiger partial charge in [-0.15, -0.1) is 0 Å². The first kappa shape index (κ1) is 11.9. The highest BCUT2D eigenvalue weighted by Crippen LogP contribution is 2.20. The Morgan fingerprint density at radius 3 is 2.76 bits per heavy atom. The molecule has 17 heavy (non-hydrogen) atoms. The van der Waals surface area contributed by atoms with Gasteiger partial charge in [0.1, 0.15) is 5.78 Å². The van der Waals surface area contributed by atoms with E-state index in [4.69, 9.17) is 0 Å². The number of aryl methyl sites for hydroxylation is 2. The Morgan fingerprint density at radius 2 is 2.00 bits per heavy atom. The first-order valence-electron chi connectivity index (χ1n) is 6.22. The molecule has 1 aromatic carbocycles. The van der Waals surface area contributed by atoms with Crippen LogP contribution in [-0.4, -0.2) is 10.4 Å². The zero-order valence-electron chi connectivity index (χ0n) is 10.6. The number of benzene rings is 1. The number of ketones is 1. The lowest BCUT2D eigenvalue weighted by Crippen LogP contribution is -1.97. The first-order chi connectivity index (χ1) is 8.18. The fraction of sp³-hybridized carbons (Fsp3) is 0.400. The van der Waals surface area contributed by atoms with Gasteiger partial charge in [0.15, 0.2) is 0 Å². The number of hydrogen-bond acceptors (Lipinski definition) is 1. The largest absolute Gasteiger partial charge is 0.347 e. The van der Waals surface area contributed by atoms with Crippen molar-refractivity contribution in [2.45, 2.75) is 39.7 Å². The predicted octanol–water partition coefficient (Wildman–Crippen LogP) is 3.71. The number of fused-ring (bicyclic) bond motifs is 1. The van der Waals surface area contributed by atoms with Crippen molar-refractivity contribution in [2.75, 3.05) is 0 Å². The van der Waals surface area contributed by atoms with E-state index in [0.717, 1.165) is 19.4 Å². The van der Waals surface area contributed by atoms with Gasteiger partial charge in [0.2, 0.25) is 0 Å². The minimum Gasteiger partial charge on any atom is -0.347 e. The summed E-state index contributed by atoms with van der Waals surface area (Å²) in [5.74, 6) is 0.290. The molecule has 0 radical (unpaired) electrons. The fourth-order valence-corrected chi connectivity index (χ4v) is 2.27. The molecule has 0 unspecified atom stereocenters. The summed E-state index contributed by atoms with van der Waals surface area (Å²) in [7, 11) is 0. The van der Waals surface area contributed by atoms with Crippen molar-refractivity contribution < 1.29 is 4.79 Å². The Labute approximate surface area is 102 Å². The third-order valence-corrected chi connectivity index (χ3v) is 3.17. The molecule has 1 aromatic heterocycles. The Kier molecular flexibility index (Phi) is 3.62. The summed E-state index contributed by atoms with van der Waals surface area (Å²) in [6.07, 6.45) is 4.97. The zero-order chi connectivity index (χ0) is 12.3. The summed E-state index contributed by atoms with van der Waals surface area (Å²) in [5.41, 5.74) is 2.62. The molecular formula is C15H19NO. The van der Waals surface area contributed by atoms with Gasteiger partial charge in [-0.25, -0.2) is 0 Å². The third-order valence-electron chi connectivity index (χ3n) is 3.17. The van der Waals surface area contributed by atoms with Crippen molar-refractivity contribution in [2.24, 2.45) is 0 Å². The van der Waals surface area contributed by atoms with E-state index in [1.54, 1.807) is 6.92 Å². The molecule has 0 saturated carbocycles. The van der Waals surface area contributed by atoms with Crippen molar-refractivity contribution in [3.05, 3.63) is 36.0 Å². The number of para-hydroxylation sites is 1. The van der Waals surface area contributed by atoms with Crippen LogP contribution in [0.5, 0.6) is 0 Å². The second kappa shape index (κ2) is 5.17. The molecule has 0 spiro atoms. The molecule has 0 saturated heterocycles. The fourth-order valence-electron chi connectivity index (χ4n) is 2.27. The molecule has 90 valence electrons. The Morgan fingerprint density at radius 1 is 1.24 bits per heavy atom. The minimum atomic E-state index is 0.290. The van der Waals surface area contributed by atoms with Crippen LogP contribution in [0, 0.1) is 6.92 Å². The molecule has 0 N–H and O–H groups in total. The number of carbonyl (C=O) groups is 1. The molecule has 0 atom stereocenters. The first-order valence-corrected chi connectivity index (χ1v) is 6.22. The van der Waals surface area contributed by atoms with Crippen molar-refractivity contribution in [3.8, 4) is 0 Å². The van der Waals surface area contributed by atoms with Crippen LogP contribution in [0.3, 0.4) is 0 Å². The van der Waals surface area contributed by atoms with Crippen LogP contribution in [0.1, 0.15) is 31.7 Å². The van der Waals surface area contributed by atoms with Crippen LogP contribution < -0.4 is 0 Å². The van der Waals surface area contributed by atoms with Crippen LogP contribution in [-0.2, 0) is 11.3 Å². The maximum absolute atomic E-state index is 10.9. The molecule has 1 heterocycles. The topological polar surface area (TPSA) is 22.0 Å². The van der Waals surface area contributed by atoms with Crippen LogP contribution in [0.15, 0.2) is 30.5 Å². The number of hydrogen-bond donors (Lipinski definition) is 0. The van der Waals surface area contributed by atoms with Crippen LogP contribution >= 0.6 is 0 Å². The highest BCUT2D eigenvalue weighted by molar-refractivity contribution is 5.83. The highest BCUT2D eigenvalue weighted by atomic mass is 16.1. The average Bonchev–Trinajstić information content (AvgIpc) is 2.63. The maximum atomic E-state index is 10.9.